The second kappa shape index (κ2) is 7.72. The molecule has 0 aliphatic carbocycles. The van der Waals surface area contributed by atoms with Crippen LogP contribution in [0.25, 0.3) is 16.2 Å². The summed E-state index contributed by atoms with van der Waals surface area (Å²) in [6.45, 7) is 6.10. The number of rotatable bonds is 5. The van der Waals surface area contributed by atoms with E-state index in [4.69, 9.17) is 4.98 Å². The van der Waals surface area contributed by atoms with Crippen molar-refractivity contribution in [1.29, 1.82) is 0 Å². The molecule has 1 saturated heterocycles. The van der Waals surface area contributed by atoms with Crippen LogP contribution >= 0.6 is 11.3 Å². The van der Waals surface area contributed by atoms with Crippen LogP contribution in [0.4, 0.5) is 4.39 Å². The van der Waals surface area contributed by atoms with Crippen LogP contribution in [0.15, 0.2) is 48.2 Å². The Hall–Kier alpha value is -2.51. The fraction of sp³-hybridized carbons (Fsp3) is 0.364. The van der Waals surface area contributed by atoms with Crippen LogP contribution in [0.1, 0.15) is 24.4 Å². The van der Waals surface area contributed by atoms with E-state index >= 15 is 0 Å². The van der Waals surface area contributed by atoms with Crippen molar-refractivity contribution in [1.82, 2.24) is 23.8 Å². The first-order valence-corrected chi connectivity index (χ1v) is 11.0. The first-order chi connectivity index (χ1) is 14.2. The molecule has 1 aromatic carbocycles. The number of piperidine rings is 1. The number of halogens is 1. The molecule has 0 spiro atoms. The number of hydrogen-bond donors (Lipinski definition) is 0. The predicted octanol–water partition coefficient (Wildman–Crippen LogP) is 4.62. The molecule has 0 radical (unpaired) electrons. The zero-order chi connectivity index (χ0) is 19.8. The fourth-order valence-corrected chi connectivity index (χ4v) is 5.09. The van der Waals surface area contributed by atoms with Crippen molar-refractivity contribution >= 4 is 16.3 Å². The largest absolute Gasteiger partial charge is 0.335 e. The maximum absolute atomic E-state index is 13.4. The zero-order valence-corrected chi connectivity index (χ0v) is 17.3. The van der Waals surface area contributed by atoms with Crippen molar-refractivity contribution in [3.05, 3.63) is 65.6 Å². The highest BCUT2D eigenvalue weighted by molar-refractivity contribution is 7.15. The summed E-state index contributed by atoms with van der Waals surface area (Å²) < 4.78 is 17.9. The van der Waals surface area contributed by atoms with Crippen LogP contribution in [0.2, 0.25) is 0 Å². The number of imidazole rings is 2. The average molecular weight is 410 g/mol. The predicted molar refractivity (Wildman–Crippen MR) is 113 cm³/mol. The average Bonchev–Trinajstić information content (AvgIpc) is 3.42. The summed E-state index contributed by atoms with van der Waals surface area (Å²) in [4.78, 5) is 12.7. The van der Waals surface area contributed by atoms with Gasteiger partial charge in [-0.05, 0) is 56.5 Å². The monoisotopic (exact) mass is 409 g/mol. The Morgan fingerprint density at radius 2 is 2.07 bits per heavy atom. The van der Waals surface area contributed by atoms with E-state index in [0.717, 1.165) is 48.2 Å². The second-order valence-corrected chi connectivity index (χ2v) is 8.71. The normalized spacial score (nSPS) is 17.9. The molecular formula is C22H24FN5S. The number of benzene rings is 1. The minimum atomic E-state index is -0.218. The molecule has 0 amide bonds. The van der Waals surface area contributed by atoms with E-state index in [1.165, 1.54) is 30.7 Å². The van der Waals surface area contributed by atoms with E-state index in [0.29, 0.717) is 5.92 Å². The summed E-state index contributed by atoms with van der Waals surface area (Å²) in [5, 5.41) is 2.07. The molecule has 0 saturated carbocycles. The molecule has 1 aliphatic heterocycles. The van der Waals surface area contributed by atoms with Gasteiger partial charge in [-0.25, -0.2) is 14.4 Å². The number of thiazole rings is 1. The highest BCUT2D eigenvalue weighted by Gasteiger charge is 2.24. The van der Waals surface area contributed by atoms with Crippen molar-refractivity contribution in [2.24, 2.45) is 5.92 Å². The van der Waals surface area contributed by atoms with Gasteiger partial charge in [0.05, 0.1) is 11.4 Å². The molecule has 4 heterocycles. The van der Waals surface area contributed by atoms with Crippen LogP contribution in [-0.4, -0.2) is 36.9 Å². The molecule has 1 aliphatic rings. The Kier molecular flexibility index (Phi) is 4.93. The van der Waals surface area contributed by atoms with Crippen molar-refractivity contribution in [3.63, 3.8) is 0 Å². The van der Waals surface area contributed by atoms with Crippen LogP contribution < -0.4 is 0 Å². The summed E-state index contributed by atoms with van der Waals surface area (Å²) in [5.74, 6) is 1.48. The van der Waals surface area contributed by atoms with Gasteiger partial charge in [-0.2, -0.15) is 0 Å². The van der Waals surface area contributed by atoms with Gasteiger partial charge in [0, 0.05) is 49.2 Å². The van der Waals surface area contributed by atoms with Gasteiger partial charge >= 0.3 is 0 Å². The third-order valence-electron chi connectivity index (χ3n) is 5.83. The van der Waals surface area contributed by atoms with Gasteiger partial charge in [-0.1, -0.05) is 0 Å². The summed E-state index contributed by atoms with van der Waals surface area (Å²) in [7, 11) is 0. The van der Waals surface area contributed by atoms with Gasteiger partial charge in [0.25, 0.3) is 0 Å². The summed E-state index contributed by atoms with van der Waals surface area (Å²) in [6, 6.07) is 6.67. The van der Waals surface area contributed by atoms with Gasteiger partial charge in [0.1, 0.15) is 11.6 Å². The highest BCUT2D eigenvalue weighted by atomic mass is 32.1. The minimum absolute atomic E-state index is 0.218. The first-order valence-electron chi connectivity index (χ1n) is 10.1. The SMILES string of the molecule is Cc1nccn1C[C@@H]1CCCN(Cc2c(-c3ccc(F)cc3)nc3sccn23)C1. The van der Waals surface area contributed by atoms with Gasteiger partial charge in [0.15, 0.2) is 4.96 Å². The molecule has 0 N–H and O–H groups in total. The highest BCUT2D eigenvalue weighted by Crippen LogP contribution is 2.29. The molecule has 7 heteroatoms. The minimum Gasteiger partial charge on any atom is -0.335 e. The molecule has 29 heavy (non-hydrogen) atoms. The lowest BCUT2D eigenvalue weighted by molar-refractivity contribution is 0.154. The van der Waals surface area contributed by atoms with Crippen LogP contribution in [0.3, 0.4) is 0 Å². The van der Waals surface area contributed by atoms with Crippen LogP contribution in [0, 0.1) is 18.7 Å². The maximum atomic E-state index is 13.4. The summed E-state index contributed by atoms with van der Waals surface area (Å²) in [6.07, 6.45) is 8.50. The molecule has 3 aromatic heterocycles. The van der Waals surface area contributed by atoms with Gasteiger partial charge < -0.3 is 4.57 Å². The van der Waals surface area contributed by atoms with Gasteiger partial charge in [-0.15, -0.1) is 11.3 Å². The lowest BCUT2D eigenvalue weighted by atomic mass is 9.97. The van der Waals surface area contributed by atoms with Crippen molar-refractivity contribution in [3.8, 4) is 11.3 Å². The lowest BCUT2D eigenvalue weighted by Gasteiger charge is -2.33. The molecule has 0 bridgehead atoms. The first kappa shape index (κ1) is 18.5. The Bertz CT molecular complexity index is 1110. The maximum Gasteiger partial charge on any atom is 0.194 e. The van der Waals surface area contributed by atoms with Gasteiger partial charge in [-0.3, -0.25) is 9.30 Å². The molecule has 5 nitrogen and oxygen atoms in total. The van der Waals surface area contributed by atoms with Crippen molar-refractivity contribution in [2.75, 3.05) is 13.1 Å². The Balaban J connectivity index is 1.39. The standard InChI is InChI=1S/C22H24FN5S/c1-16-24-8-10-27(16)14-17-3-2-9-26(13-17)15-20-21(18-4-6-19(23)7-5-18)25-22-28(20)11-12-29-22/h4-8,10-12,17H,2-3,9,13-15H2,1H3/t17-/m1/s1. The smallest absolute Gasteiger partial charge is 0.194 e. The number of aryl methyl sites for hydroxylation is 1. The summed E-state index contributed by atoms with van der Waals surface area (Å²) in [5.41, 5.74) is 3.12. The topological polar surface area (TPSA) is 38.4 Å². The van der Waals surface area contributed by atoms with E-state index in [2.05, 4.69) is 43.5 Å². The number of hydrogen-bond acceptors (Lipinski definition) is 4. The Labute approximate surface area is 173 Å². The van der Waals surface area contributed by atoms with E-state index < -0.39 is 0 Å². The molecule has 150 valence electrons. The molecular weight excluding hydrogens is 385 g/mol. The molecule has 0 unspecified atom stereocenters. The summed E-state index contributed by atoms with van der Waals surface area (Å²) >= 11 is 1.64. The van der Waals surface area contributed by atoms with Crippen LogP contribution in [0.5, 0.6) is 0 Å². The van der Waals surface area contributed by atoms with E-state index in [9.17, 15) is 4.39 Å². The fourth-order valence-electron chi connectivity index (χ4n) is 4.35. The second-order valence-electron chi connectivity index (χ2n) is 7.84. The van der Waals surface area contributed by atoms with E-state index in [1.807, 2.05) is 18.3 Å². The van der Waals surface area contributed by atoms with E-state index in [-0.39, 0.29) is 5.82 Å². The molecule has 4 aromatic rings. The number of fused-ring (bicyclic) bond motifs is 1. The molecule has 1 fully saturated rings. The number of nitrogens with zero attached hydrogens (tertiary/aromatic N) is 5. The van der Waals surface area contributed by atoms with E-state index in [1.54, 1.807) is 11.3 Å². The number of likely N-dealkylation sites (tertiary alicyclic amines) is 1. The molecule has 1 atom stereocenters. The Morgan fingerprint density at radius 1 is 1.21 bits per heavy atom. The lowest BCUT2D eigenvalue weighted by Crippen LogP contribution is -2.37. The Morgan fingerprint density at radius 3 is 2.86 bits per heavy atom. The van der Waals surface area contributed by atoms with Crippen molar-refractivity contribution < 1.29 is 4.39 Å². The van der Waals surface area contributed by atoms with Gasteiger partial charge in [0.2, 0.25) is 0 Å². The number of aromatic nitrogens is 4. The third kappa shape index (κ3) is 3.72. The molecule has 5 rings (SSSR count). The zero-order valence-electron chi connectivity index (χ0n) is 16.5. The van der Waals surface area contributed by atoms with Crippen LogP contribution in [-0.2, 0) is 13.1 Å². The third-order valence-corrected chi connectivity index (χ3v) is 6.59. The quantitative estimate of drug-likeness (QED) is 0.483. The van der Waals surface area contributed by atoms with Crippen molar-refractivity contribution in [2.45, 2.75) is 32.9 Å².